The standard InChI is InChI=1S/C12H27NO4S/c1-5-12(6-2)13(7-8-14)18(15,16)10-9-17-11(3)4/h11-12,14H,5-10H2,1-4H3. The zero-order valence-corrected chi connectivity index (χ0v) is 12.7. The second kappa shape index (κ2) is 8.85. The van der Waals surface area contributed by atoms with Crippen LogP contribution >= 0.6 is 0 Å². The first-order chi connectivity index (χ1) is 8.38. The van der Waals surface area contributed by atoms with Gasteiger partial charge in [0.2, 0.25) is 10.0 Å². The number of aliphatic hydroxyl groups is 1. The molecule has 6 heteroatoms. The van der Waals surface area contributed by atoms with Crippen LogP contribution in [0.15, 0.2) is 0 Å². The van der Waals surface area contributed by atoms with Crippen molar-refractivity contribution < 1.29 is 18.3 Å². The summed E-state index contributed by atoms with van der Waals surface area (Å²) >= 11 is 0. The number of ether oxygens (including phenoxy) is 1. The first-order valence-electron chi connectivity index (χ1n) is 6.61. The van der Waals surface area contributed by atoms with Gasteiger partial charge in [0.05, 0.1) is 25.1 Å². The maximum absolute atomic E-state index is 12.2. The normalized spacial score (nSPS) is 12.9. The van der Waals surface area contributed by atoms with Gasteiger partial charge >= 0.3 is 0 Å². The van der Waals surface area contributed by atoms with E-state index in [0.717, 1.165) is 12.8 Å². The van der Waals surface area contributed by atoms with Gasteiger partial charge in [0.15, 0.2) is 0 Å². The van der Waals surface area contributed by atoms with Crippen LogP contribution < -0.4 is 0 Å². The van der Waals surface area contributed by atoms with Gasteiger partial charge < -0.3 is 9.84 Å². The predicted octanol–water partition coefficient (Wildman–Crippen LogP) is 1.22. The molecule has 18 heavy (non-hydrogen) atoms. The van der Waals surface area contributed by atoms with Gasteiger partial charge in [-0.05, 0) is 26.7 Å². The second-order valence-electron chi connectivity index (χ2n) is 4.54. The van der Waals surface area contributed by atoms with Crippen molar-refractivity contribution in [3.8, 4) is 0 Å². The molecule has 0 aliphatic rings. The van der Waals surface area contributed by atoms with Crippen molar-refractivity contribution in [2.45, 2.75) is 52.7 Å². The topological polar surface area (TPSA) is 66.8 Å². The van der Waals surface area contributed by atoms with E-state index in [1.165, 1.54) is 4.31 Å². The highest BCUT2D eigenvalue weighted by atomic mass is 32.2. The third-order valence-corrected chi connectivity index (χ3v) is 4.70. The molecule has 0 bridgehead atoms. The lowest BCUT2D eigenvalue weighted by atomic mass is 10.2. The highest BCUT2D eigenvalue weighted by Crippen LogP contribution is 2.14. The molecular formula is C12H27NO4S. The zero-order valence-electron chi connectivity index (χ0n) is 11.9. The Morgan fingerprint density at radius 3 is 2.17 bits per heavy atom. The Hall–Kier alpha value is -0.170. The Balaban J connectivity index is 4.65. The average Bonchev–Trinajstić information content (AvgIpc) is 2.28. The minimum Gasteiger partial charge on any atom is -0.395 e. The molecule has 0 unspecified atom stereocenters. The summed E-state index contributed by atoms with van der Waals surface area (Å²) in [6.07, 6.45) is 1.53. The van der Waals surface area contributed by atoms with Gasteiger partial charge in [-0.3, -0.25) is 0 Å². The van der Waals surface area contributed by atoms with Crippen LogP contribution in [0.3, 0.4) is 0 Å². The van der Waals surface area contributed by atoms with Crippen LogP contribution in [-0.2, 0) is 14.8 Å². The molecule has 0 aliphatic heterocycles. The van der Waals surface area contributed by atoms with Gasteiger partial charge in [-0.25, -0.2) is 8.42 Å². The van der Waals surface area contributed by atoms with Gasteiger partial charge in [0.1, 0.15) is 0 Å². The molecule has 1 N–H and O–H groups in total. The number of aliphatic hydroxyl groups excluding tert-OH is 1. The number of nitrogens with zero attached hydrogens (tertiary/aromatic N) is 1. The van der Waals surface area contributed by atoms with Crippen molar-refractivity contribution in [2.24, 2.45) is 0 Å². The lowest BCUT2D eigenvalue weighted by Crippen LogP contribution is -2.43. The van der Waals surface area contributed by atoms with E-state index in [1.807, 2.05) is 27.7 Å². The molecule has 0 radical (unpaired) electrons. The van der Waals surface area contributed by atoms with E-state index in [2.05, 4.69) is 0 Å². The van der Waals surface area contributed by atoms with Gasteiger partial charge in [-0.1, -0.05) is 13.8 Å². The van der Waals surface area contributed by atoms with E-state index in [4.69, 9.17) is 9.84 Å². The second-order valence-corrected chi connectivity index (χ2v) is 6.58. The van der Waals surface area contributed by atoms with E-state index in [0.29, 0.717) is 0 Å². The first-order valence-corrected chi connectivity index (χ1v) is 8.21. The summed E-state index contributed by atoms with van der Waals surface area (Å²) in [4.78, 5) is 0. The van der Waals surface area contributed by atoms with Gasteiger partial charge in [-0.2, -0.15) is 4.31 Å². The van der Waals surface area contributed by atoms with E-state index in [1.54, 1.807) is 0 Å². The van der Waals surface area contributed by atoms with E-state index < -0.39 is 10.0 Å². The third kappa shape index (κ3) is 6.13. The Morgan fingerprint density at radius 2 is 1.78 bits per heavy atom. The molecule has 0 aliphatic carbocycles. The van der Waals surface area contributed by atoms with E-state index in [9.17, 15) is 8.42 Å². The van der Waals surface area contributed by atoms with Crippen LogP contribution in [0.25, 0.3) is 0 Å². The number of sulfonamides is 1. The van der Waals surface area contributed by atoms with Gasteiger partial charge in [-0.15, -0.1) is 0 Å². The van der Waals surface area contributed by atoms with E-state index >= 15 is 0 Å². The Bertz CT molecular complexity index is 299. The van der Waals surface area contributed by atoms with E-state index in [-0.39, 0.29) is 37.7 Å². The molecule has 0 rings (SSSR count). The Labute approximate surface area is 111 Å². The van der Waals surface area contributed by atoms with Crippen LogP contribution in [-0.4, -0.2) is 55.5 Å². The molecular weight excluding hydrogens is 254 g/mol. The maximum atomic E-state index is 12.2. The van der Waals surface area contributed by atoms with Crippen molar-refractivity contribution in [3.63, 3.8) is 0 Å². The highest BCUT2D eigenvalue weighted by molar-refractivity contribution is 7.89. The zero-order chi connectivity index (χ0) is 14.2. The summed E-state index contributed by atoms with van der Waals surface area (Å²) in [7, 11) is -3.36. The molecule has 0 atom stereocenters. The molecule has 0 spiro atoms. The minimum absolute atomic E-state index is 0.0261. The van der Waals surface area contributed by atoms with Crippen molar-refractivity contribution in [2.75, 3.05) is 25.5 Å². The number of hydrogen-bond donors (Lipinski definition) is 1. The molecule has 110 valence electrons. The van der Waals surface area contributed by atoms with Crippen molar-refractivity contribution in [1.29, 1.82) is 0 Å². The van der Waals surface area contributed by atoms with Crippen LogP contribution in [0.4, 0.5) is 0 Å². The Kier molecular flexibility index (Phi) is 8.77. The molecule has 0 saturated heterocycles. The van der Waals surface area contributed by atoms with Crippen molar-refractivity contribution in [3.05, 3.63) is 0 Å². The fraction of sp³-hybridized carbons (Fsp3) is 1.00. The average molecular weight is 281 g/mol. The monoisotopic (exact) mass is 281 g/mol. The summed E-state index contributed by atoms with van der Waals surface area (Å²) in [5.41, 5.74) is 0. The van der Waals surface area contributed by atoms with Gasteiger partial charge in [0.25, 0.3) is 0 Å². The molecule has 0 aromatic rings. The van der Waals surface area contributed by atoms with Crippen molar-refractivity contribution in [1.82, 2.24) is 4.31 Å². The molecule has 0 saturated carbocycles. The fourth-order valence-electron chi connectivity index (χ4n) is 1.85. The SMILES string of the molecule is CCC(CC)N(CCO)S(=O)(=O)CCOC(C)C. The van der Waals surface area contributed by atoms with Gasteiger partial charge in [0, 0.05) is 12.6 Å². The first kappa shape index (κ1) is 17.8. The molecule has 0 heterocycles. The molecule has 0 fully saturated rings. The summed E-state index contributed by atoms with van der Waals surface area (Å²) in [5.74, 6) is -0.0261. The molecule has 0 aromatic carbocycles. The largest absolute Gasteiger partial charge is 0.395 e. The van der Waals surface area contributed by atoms with Crippen molar-refractivity contribution >= 4 is 10.0 Å². The number of rotatable bonds is 10. The van der Waals surface area contributed by atoms with Crippen LogP contribution in [0.2, 0.25) is 0 Å². The maximum Gasteiger partial charge on any atom is 0.216 e. The van der Waals surface area contributed by atoms with Crippen LogP contribution in [0, 0.1) is 0 Å². The minimum atomic E-state index is -3.36. The third-order valence-electron chi connectivity index (χ3n) is 2.82. The summed E-state index contributed by atoms with van der Waals surface area (Å²) in [6, 6.07) is -0.0406. The van der Waals surface area contributed by atoms with Crippen LogP contribution in [0.5, 0.6) is 0 Å². The Morgan fingerprint density at radius 1 is 1.22 bits per heavy atom. The fourth-order valence-corrected chi connectivity index (χ4v) is 3.50. The summed E-state index contributed by atoms with van der Waals surface area (Å²) < 4.78 is 31.1. The molecule has 0 amide bonds. The number of hydrogen-bond acceptors (Lipinski definition) is 4. The lowest BCUT2D eigenvalue weighted by molar-refractivity contribution is 0.0902. The summed E-state index contributed by atoms with van der Waals surface area (Å²) in [6.45, 7) is 7.87. The van der Waals surface area contributed by atoms with Crippen LogP contribution in [0.1, 0.15) is 40.5 Å². The molecule has 5 nitrogen and oxygen atoms in total. The lowest BCUT2D eigenvalue weighted by Gasteiger charge is -2.29. The molecule has 0 aromatic heterocycles. The smallest absolute Gasteiger partial charge is 0.216 e. The highest BCUT2D eigenvalue weighted by Gasteiger charge is 2.27. The quantitative estimate of drug-likeness (QED) is 0.654. The summed E-state index contributed by atoms with van der Waals surface area (Å²) in [5, 5.41) is 9.02. The predicted molar refractivity (Wildman–Crippen MR) is 73.0 cm³/mol.